The predicted molar refractivity (Wildman–Crippen MR) is 159 cm³/mol. The van der Waals surface area contributed by atoms with Gasteiger partial charge in [0.05, 0.1) is 16.5 Å². The van der Waals surface area contributed by atoms with Crippen LogP contribution in [0.15, 0.2) is 69.1 Å². The molecule has 41 heavy (non-hydrogen) atoms. The molecule has 1 heterocycles. The number of benzene rings is 2. The van der Waals surface area contributed by atoms with Crippen molar-refractivity contribution in [1.29, 1.82) is 0 Å². The normalized spacial score (nSPS) is 19.4. The average Bonchev–Trinajstić information content (AvgIpc) is 2.90. The molecule has 1 aliphatic carbocycles. The Labute approximate surface area is 239 Å². The van der Waals surface area contributed by atoms with E-state index in [1.165, 1.54) is 17.2 Å². The molecule has 213 valence electrons. The number of fused-ring (bicyclic) bond motifs is 1. The second kappa shape index (κ2) is 11.6. The van der Waals surface area contributed by atoms with Crippen LogP contribution in [-0.2, 0) is 6.18 Å². The standard InChI is InChI=1S/C33H34BF3NO3/c1-17-14-25(22(6)34-28-13-12-24(33(35,36)37)16-26(28)32(39)40)31-27(15-17)29(38-7)21(5)30(41-31)23-10-8-18(2)20(4)19(3)9-11-23/h8,10-16,19,22H,9H2,1-7H3,(H,39,40)/b10-8-,20-18?,23-11-,38-29?. The van der Waals surface area contributed by atoms with Crippen LogP contribution >= 0.6 is 0 Å². The fourth-order valence-electron chi connectivity index (χ4n) is 5.36. The SMILES string of the molecule is CN=c1c(C)c(C2=C\CC(C)C(C)=C(C)/C=C\2)oc2c(C(C)[B]c3ccc(C(F)(F)F)cc3C(=O)O)cc(C)cc12. The molecular weight excluding hydrogens is 526 g/mol. The summed E-state index contributed by atoms with van der Waals surface area (Å²) in [5, 5.41) is 11.3. The summed E-state index contributed by atoms with van der Waals surface area (Å²) in [6.45, 7) is 12.3. The van der Waals surface area contributed by atoms with Crippen molar-refractivity contribution in [2.45, 2.75) is 60.0 Å². The van der Waals surface area contributed by atoms with Crippen LogP contribution in [0.4, 0.5) is 13.2 Å². The molecule has 1 radical (unpaired) electrons. The summed E-state index contributed by atoms with van der Waals surface area (Å²) >= 11 is 0. The molecule has 0 saturated carbocycles. The van der Waals surface area contributed by atoms with Crippen molar-refractivity contribution in [3.05, 3.63) is 98.6 Å². The summed E-state index contributed by atoms with van der Waals surface area (Å²) in [6, 6.07) is 6.78. The van der Waals surface area contributed by atoms with Gasteiger partial charge >= 0.3 is 12.1 Å². The minimum absolute atomic E-state index is 0.206. The maximum atomic E-state index is 13.3. The first-order valence-electron chi connectivity index (χ1n) is 13.6. The molecule has 0 fully saturated rings. The molecule has 1 N–H and O–H groups in total. The van der Waals surface area contributed by atoms with Crippen molar-refractivity contribution in [3.63, 3.8) is 0 Å². The molecule has 1 aromatic heterocycles. The Bertz CT molecular complexity index is 1690. The van der Waals surface area contributed by atoms with E-state index in [9.17, 15) is 23.1 Å². The van der Waals surface area contributed by atoms with Crippen molar-refractivity contribution in [1.82, 2.24) is 0 Å². The number of alkyl halides is 3. The third-order valence-corrected chi connectivity index (χ3v) is 8.00. The molecule has 2 unspecified atom stereocenters. The monoisotopic (exact) mass is 560 g/mol. The lowest BCUT2D eigenvalue weighted by molar-refractivity contribution is -0.137. The van der Waals surface area contributed by atoms with Crippen molar-refractivity contribution in [3.8, 4) is 0 Å². The maximum Gasteiger partial charge on any atom is 0.416 e. The molecule has 4 nitrogen and oxygen atoms in total. The Balaban J connectivity index is 1.89. The number of carboxylic acid groups (broad SMARTS) is 1. The van der Waals surface area contributed by atoms with Crippen molar-refractivity contribution >= 4 is 35.3 Å². The number of carbonyl (C=O) groups is 1. The number of rotatable bonds is 5. The van der Waals surface area contributed by atoms with Gasteiger partial charge in [-0.25, -0.2) is 4.79 Å². The van der Waals surface area contributed by atoms with Gasteiger partial charge in [-0.3, -0.25) is 4.99 Å². The molecule has 2 atom stereocenters. The van der Waals surface area contributed by atoms with E-state index < -0.39 is 23.3 Å². The minimum atomic E-state index is -4.64. The second-order valence-corrected chi connectivity index (χ2v) is 10.9. The lowest BCUT2D eigenvalue weighted by Crippen LogP contribution is -2.28. The first-order valence-corrected chi connectivity index (χ1v) is 13.6. The first kappa shape index (κ1) is 30.2. The highest BCUT2D eigenvalue weighted by atomic mass is 19.4. The Morgan fingerprint density at radius 1 is 1.12 bits per heavy atom. The van der Waals surface area contributed by atoms with Gasteiger partial charge in [-0.05, 0) is 69.1 Å². The number of hydrogen-bond donors (Lipinski definition) is 1. The van der Waals surface area contributed by atoms with Crippen LogP contribution in [0.3, 0.4) is 0 Å². The maximum absolute atomic E-state index is 13.3. The van der Waals surface area contributed by atoms with Gasteiger partial charge in [0.25, 0.3) is 0 Å². The molecule has 0 spiro atoms. The fraction of sp³-hybridized carbons (Fsp3) is 0.333. The zero-order valence-electron chi connectivity index (χ0n) is 24.4. The molecule has 8 heteroatoms. The second-order valence-electron chi connectivity index (χ2n) is 10.9. The highest BCUT2D eigenvalue weighted by Gasteiger charge is 2.32. The van der Waals surface area contributed by atoms with Crippen molar-refractivity contribution in [2.75, 3.05) is 7.05 Å². The lowest BCUT2D eigenvalue weighted by Gasteiger charge is -2.19. The van der Waals surface area contributed by atoms with Gasteiger partial charge in [0, 0.05) is 23.6 Å². The topological polar surface area (TPSA) is 62.8 Å². The van der Waals surface area contributed by atoms with Crippen LogP contribution in [-0.4, -0.2) is 25.4 Å². The van der Waals surface area contributed by atoms with Crippen LogP contribution in [0.1, 0.15) is 78.3 Å². The minimum Gasteiger partial charge on any atom is -0.478 e. The average molecular weight is 560 g/mol. The molecule has 1 aliphatic rings. The molecular formula is C33H34BF3NO3. The van der Waals surface area contributed by atoms with Crippen LogP contribution in [0.5, 0.6) is 0 Å². The summed E-state index contributed by atoms with van der Waals surface area (Å²) in [5.41, 5.74) is 5.58. The van der Waals surface area contributed by atoms with Crippen LogP contribution in [0.2, 0.25) is 0 Å². The first-order chi connectivity index (χ1) is 19.2. The van der Waals surface area contributed by atoms with E-state index in [2.05, 4.69) is 44.0 Å². The van der Waals surface area contributed by atoms with E-state index >= 15 is 0 Å². The quantitative estimate of drug-likeness (QED) is 0.325. The highest BCUT2D eigenvalue weighted by molar-refractivity contribution is 6.57. The highest BCUT2D eigenvalue weighted by Crippen LogP contribution is 2.33. The Hall–Kier alpha value is -3.81. The molecule has 0 bridgehead atoms. The zero-order chi connectivity index (χ0) is 30.2. The summed E-state index contributed by atoms with van der Waals surface area (Å²) < 4.78 is 46.5. The van der Waals surface area contributed by atoms with Gasteiger partial charge in [-0.1, -0.05) is 66.9 Å². The number of allylic oxidation sites excluding steroid dienone is 6. The van der Waals surface area contributed by atoms with E-state index in [1.807, 2.05) is 32.9 Å². The Kier molecular flexibility index (Phi) is 8.53. The van der Waals surface area contributed by atoms with E-state index in [1.54, 1.807) is 14.3 Å². The summed E-state index contributed by atoms with van der Waals surface area (Å²) in [5.74, 6) is -0.723. The smallest absolute Gasteiger partial charge is 0.416 e. The molecule has 4 rings (SSSR count). The summed E-state index contributed by atoms with van der Waals surface area (Å²) in [6.07, 6.45) is 2.55. The summed E-state index contributed by atoms with van der Waals surface area (Å²) in [7, 11) is 3.41. The number of nitrogens with zero attached hydrogens (tertiary/aromatic N) is 1. The van der Waals surface area contributed by atoms with Gasteiger partial charge in [0.15, 0.2) is 7.28 Å². The Morgan fingerprint density at radius 3 is 2.46 bits per heavy atom. The van der Waals surface area contributed by atoms with Gasteiger partial charge in [0.2, 0.25) is 0 Å². The Morgan fingerprint density at radius 2 is 1.83 bits per heavy atom. The molecule has 3 aromatic rings. The summed E-state index contributed by atoms with van der Waals surface area (Å²) in [4.78, 5) is 16.5. The van der Waals surface area contributed by atoms with E-state index in [4.69, 9.17) is 4.42 Å². The third-order valence-electron chi connectivity index (χ3n) is 8.00. The van der Waals surface area contributed by atoms with E-state index in [0.29, 0.717) is 23.3 Å². The van der Waals surface area contributed by atoms with E-state index in [-0.39, 0.29) is 11.3 Å². The largest absolute Gasteiger partial charge is 0.478 e. The number of carboxylic acids is 1. The van der Waals surface area contributed by atoms with Gasteiger partial charge in [-0.15, -0.1) is 0 Å². The van der Waals surface area contributed by atoms with Gasteiger partial charge < -0.3 is 9.52 Å². The van der Waals surface area contributed by atoms with Crippen LogP contribution in [0, 0.1) is 19.8 Å². The van der Waals surface area contributed by atoms with Crippen molar-refractivity contribution < 1.29 is 27.5 Å². The molecule has 0 aliphatic heterocycles. The number of aryl methyl sites for hydroxylation is 1. The zero-order valence-corrected chi connectivity index (χ0v) is 24.4. The van der Waals surface area contributed by atoms with Gasteiger partial charge in [-0.2, -0.15) is 13.2 Å². The molecule has 0 saturated heterocycles. The number of hydrogen-bond acceptors (Lipinski definition) is 3. The number of aromatic carboxylic acids is 1. The van der Waals surface area contributed by atoms with Crippen molar-refractivity contribution in [2.24, 2.45) is 10.9 Å². The molecule has 0 amide bonds. The lowest BCUT2D eigenvalue weighted by atomic mass is 9.56. The third kappa shape index (κ3) is 6.11. The predicted octanol–water partition coefficient (Wildman–Crippen LogP) is 7.70. The van der Waals surface area contributed by atoms with Crippen LogP contribution in [0.25, 0.3) is 16.5 Å². The number of halogens is 3. The molecule has 2 aromatic carbocycles. The van der Waals surface area contributed by atoms with Gasteiger partial charge in [0.1, 0.15) is 11.3 Å². The fourth-order valence-corrected chi connectivity index (χ4v) is 5.36. The van der Waals surface area contributed by atoms with E-state index in [0.717, 1.165) is 45.5 Å². The van der Waals surface area contributed by atoms with Crippen LogP contribution < -0.4 is 10.8 Å².